The summed E-state index contributed by atoms with van der Waals surface area (Å²) in [6.07, 6.45) is 1.30. The zero-order chi connectivity index (χ0) is 13.8. The van der Waals surface area contributed by atoms with Crippen LogP contribution in [0.4, 0.5) is 0 Å². The third-order valence-corrected chi connectivity index (χ3v) is 4.00. The largest absolute Gasteiger partial charge is 0.485 e. The van der Waals surface area contributed by atoms with Crippen LogP contribution in [0.2, 0.25) is 0 Å². The van der Waals surface area contributed by atoms with Crippen LogP contribution in [0.25, 0.3) is 0 Å². The van der Waals surface area contributed by atoms with Gasteiger partial charge in [-0.3, -0.25) is 0 Å². The molecule has 0 radical (unpaired) electrons. The monoisotopic (exact) mass is 267 g/mol. The molecule has 1 saturated heterocycles. The highest BCUT2D eigenvalue weighted by molar-refractivity contribution is 5.33. The molecule has 1 fully saturated rings. The lowest BCUT2D eigenvalue weighted by Gasteiger charge is -2.25. The van der Waals surface area contributed by atoms with E-state index >= 15 is 0 Å². The Labute approximate surface area is 120 Å². The average molecular weight is 267 g/mol. The molecule has 3 rings (SSSR count). The van der Waals surface area contributed by atoms with E-state index in [1.807, 2.05) is 6.07 Å². The van der Waals surface area contributed by atoms with Gasteiger partial charge in [-0.1, -0.05) is 48.5 Å². The molecule has 1 aliphatic rings. The minimum Gasteiger partial charge on any atom is -0.485 e. The molecule has 104 valence electrons. The Morgan fingerprint density at radius 2 is 1.80 bits per heavy atom. The van der Waals surface area contributed by atoms with Crippen LogP contribution in [0.3, 0.4) is 0 Å². The molecule has 0 saturated carbocycles. The molecule has 2 aromatic rings. The highest BCUT2D eigenvalue weighted by atomic mass is 16.5. The van der Waals surface area contributed by atoms with Crippen molar-refractivity contribution < 1.29 is 4.74 Å². The number of para-hydroxylation sites is 1. The van der Waals surface area contributed by atoms with Gasteiger partial charge in [0.25, 0.3) is 0 Å². The van der Waals surface area contributed by atoms with Crippen LogP contribution in [0.1, 0.15) is 23.7 Å². The maximum atomic E-state index is 6.38. The number of hydrogen-bond donors (Lipinski definition) is 1. The van der Waals surface area contributed by atoms with Crippen LogP contribution in [0, 0.1) is 12.8 Å². The molecule has 20 heavy (non-hydrogen) atoms. The van der Waals surface area contributed by atoms with E-state index in [2.05, 4.69) is 60.8 Å². The SMILES string of the molecule is Cc1ccccc1OC(c1ccccc1)C1CCNC1. The predicted octanol–water partition coefficient (Wildman–Crippen LogP) is 3.72. The molecule has 0 spiro atoms. The summed E-state index contributed by atoms with van der Waals surface area (Å²) in [7, 11) is 0. The van der Waals surface area contributed by atoms with Crippen molar-refractivity contribution in [3.63, 3.8) is 0 Å². The summed E-state index contributed by atoms with van der Waals surface area (Å²) in [4.78, 5) is 0. The lowest BCUT2D eigenvalue weighted by atomic mass is 9.94. The normalized spacial score (nSPS) is 19.8. The van der Waals surface area contributed by atoms with Crippen molar-refractivity contribution in [2.45, 2.75) is 19.4 Å². The molecule has 0 aromatic heterocycles. The van der Waals surface area contributed by atoms with Gasteiger partial charge in [-0.05, 0) is 37.1 Å². The fourth-order valence-corrected chi connectivity index (χ4v) is 2.84. The smallest absolute Gasteiger partial charge is 0.128 e. The summed E-state index contributed by atoms with van der Waals surface area (Å²) in [5, 5.41) is 3.44. The molecule has 2 heteroatoms. The second-order valence-corrected chi connectivity index (χ2v) is 5.47. The first kappa shape index (κ1) is 13.2. The number of benzene rings is 2. The van der Waals surface area contributed by atoms with Crippen molar-refractivity contribution >= 4 is 0 Å². The number of aryl methyl sites for hydroxylation is 1. The third kappa shape index (κ3) is 2.86. The van der Waals surface area contributed by atoms with Gasteiger partial charge in [-0.25, -0.2) is 0 Å². The van der Waals surface area contributed by atoms with E-state index in [9.17, 15) is 0 Å². The highest BCUT2D eigenvalue weighted by Gasteiger charge is 2.28. The van der Waals surface area contributed by atoms with Gasteiger partial charge < -0.3 is 10.1 Å². The Hall–Kier alpha value is -1.80. The van der Waals surface area contributed by atoms with Gasteiger partial charge in [0.1, 0.15) is 11.9 Å². The van der Waals surface area contributed by atoms with Gasteiger partial charge in [0.2, 0.25) is 0 Å². The second kappa shape index (κ2) is 6.10. The Morgan fingerprint density at radius 1 is 1.05 bits per heavy atom. The number of ether oxygens (including phenoxy) is 1. The molecule has 2 aromatic carbocycles. The molecular formula is C18H21NO. The quantitative estimate of drug-likeness (QED) is 0.911. The van der Waals surface area contributed by atoms with Crippen molar-refractivity contribution in [2.24, 2.45) is 5.92 Å². The summed E-state index contributed by atoms with van der Waals surface area (Å²) in [5.74, 6) is 1.53. The maximum absolute atomic E-state index is 6.38. The Balaban J connectivity index is 1.88. The first-order chi connectivity index (χ1) is 9.84. The van der Waals surface area contributed by atoms with Gasteiger partial charge in [-0.2, -0.15) is 0 Å². The summed E-state index contributed by atoms with van der Waals surface area (Å²) >= 11 is 0. The molecule has 2 nitrogen and oxygen atoms in total. The van der Waals surface area contributed by atoms with Crippen LogP contribution in [0.15, 0.2) is 54.6 Å². The molecule has 0 aliphatic carbocycles. The first-order valence-electron chi connectivity index (χ1n) is 7.32. The highest BCUT2D eigenvalue weighted by Crippen LogP contribution is 2.33. The number of nitrogens with one attached hydrogen (secondary N) is 1. The van der Waals surface area contributed by atoms with Crippen LogP contribution in [-0.4, -0.2) is 13.1 Å². The lowest BCUT2D eigenvalue weighted by molar-refractivity contribution is 0.143. The van der Waals surface area contributed by atoms with E-state index in [-0.39, 0.29) is 6.10 Å². The lowest BCUT2D eigenvalue weighted by Crippen LogP contribution is -2.21. The summed E-state index contributed by atoms with van der Waals surface area (Å²) in [5.41, 5.74) is 2.46. The van der Waals surface area contributed by atoms with E-state index < -0.39 is 0 Å². The molecule has 2 unspecified atom stereocenters. The fraction of sp³-hybridized carbons (Fsp3) is 0.333. The van der Waals surface area contributed by atoms with Crippen molar-refractivity contribution in [2.75, 3.05) is 13.1 Å². The van der Waals surface area contributed by atoms with Crippen LogP contribution in [-0.2, 0) is 0 Å². The Morgan fingerprint density at radius 3 is 2.50 bits per heavy atom. The molecular weight excluding hydrogens is 246 g/mol. The first-order valence-corrected chi connectivity index (χ1v) is 7.32. The van der Waals surface area contributed by atoms with E-state index in [0.29, 0.717) is 5.92 Å². The standard InChI is InChI=1S/C18H21NO/c1-14-7-5-6-10-17(14)20-18(16-11-12-19-13-16)15-8-3-2-4-9-15/h2-10,16,18-19H,11-13H2,1H3. The third-order valence-electron chi connectivity index (χ3n) is 4.00. The van der Waals surface area contributed by atoms with Gasteiger partial charge in [0, 0.05) is 12.5 Å². The fourth-order valence-electron chi connectivity index (χ4n) is 2.84. The topological polar surface area (TPSA) is 21.3 Å². The Bertz CT molecular complexity index is 546. The molecule has 0 bridgehead atoms. The minimum atomic E-state index is 0.132. The van der Waals surface area contributed by atoms with Crippen molar-refractivity contribution in [3.05, 3.63) is 65.7 Å². The van der Waals surface area contributed by atoms with Crippen molar-refractivity contribution in [1.82, 2.24) is 5.32 Å². The van der Waals surface area contributed by atoms with Crippen LogP contribution in [0.5, 0.6) is 5.75 Å². The van der Waals surface area contributed by atoms with Crippen LogP contribution < -0.4 is 10.1 Å². The zero-order valence-corrected chi connectivity index (χ0v) is 11.9. The van der Waals surface area contributed by atoms with Gasteiger partial charge in [0.05, 0.1) is 0 Å². The number of rotatable bonds is 4. The van der Waals surface area contributed by atoms with Gasteiger partial charge in [-0.15, -0.1) is 0 Å². The van der Waals surface area contributed by atoms with Gasteiger partial charge in [0.15, 0.2) is 0 Å². The van der Waals surface area contributed by atoms with E-state index in [1.165, 1.54) is 17.5 Å². The second-order valence-electron chi connectivity index (χ2n) is 5.47. The Kier molecular flexibility index (Phi) is 4.03. The molecule has 0 amide bonds. The predicted molar refractivity (Wildman–Crippen MR) is 82.0 cm³/mol. The van der Waals surface area contributed by atoms with Crippen LogP contribution >= 0.6 is 0 Å². The van der Waals surface area contributed by atoms with E-state index in [4.69, 9.17) is 4.74 Å². The average Bonchev–Trinajstić information content (AvgIpc) is 3.01. The summed E-state index contributed by atoms with van der Waals surface area (Å²) < 4.78 is 6.38. The summed E-state index contributed by atoms with van der Waals surface area (Å²) in [6, 6.07) is 18.8. The zero-order valence-electron chi connectivity index (χ0n) is 11.9. The summed E-state index contributed by atoms with van der Waals surface area (Å²) in [6.45, 7) is 4.22. The molecule has 2 atom stereocenters. The van der Waals surface area contributed by atoms with E-state index in [1.54, 1.807) is 0 Å². The molecule has 1 heterocycles. The number of hydrogen-bond acceptors (Lipinski definition) is 2. The maximum Gasteiger partial charge on any atom is 0.128 e. The van der Waals surface area contributed by atoms with Crippen molar-refractivity contribution in [3.8, 4) is 5.75 Å². The van der Waals surface area contributed by atoms with Crippen molar-refractivity contribution in [1.29, 1.82) is 0 Å². The molecule has 1 N–H and O–H groups in total. The van der Waals surface area contributed by atoms with Gasteiger partial charge >= 0.3 is 0 Å². The molecule has 1 aliphatic heterocycles. The minimum absolute atomic E-state index is 0.132. The van der Waals surface area contributed by atoms with E-state index in [0.717, 1.165) is 18.8 Å².